The van der Waals surface area contributed by atoms with Gasteiger partial charge >= 0.3 is 0 Å². The molecule has 0 saturated heterocycles. The van der Waals surface area contributed by atoms with Gasteiger partial charge in [-0.1, -0.05) is 12.1 Å². The number of nitrogens with zero attached hydrogens (tertiary/aromatic N) is 2. The average Bonchev–Trinajstić information content (AvgIpc) is 2.56. The second-order valence-electron chi connectivity index (χ2n) is 5.73. The summed E-state index contributed by atoms with van der Waals surface area (Å²) in [4.78, 5) is 38.2. The molecular weight excluding hydrogens is 308 g/mol. The van der Waals surface area contributed by atoms with Crippen LogP contribution in [-0.2, 0) is 9.59 Å². The zero-order valence-electron chi connectivity index (χ0n) is 14.9. The highest BCUT2D eigenvalue weighted by Gasteiger charge is 2.16. The van der Waals surface area contributed by atoms with Crippen LogP contribution in [0.15, 0.2) is 24.3 Å². The second kappa shape index (κ2) is 9.70. The SMILES string of the molecule is CCN(CC(=O)N(C)C)C(=O)CCCOc1cccc(C(C)=O)c1. The molecule has 132 valence electrons. The quantitative estimate of drug-likeness (QED) is 0.512. The van der Waals surface area contributed by atoms with Gasteiger partial charge in [0.25, 0.3) is 0 Å². The number of benzene rings is 1. The van der Waals surface area contributed by atoms with Gasteiger partial charge in [-0.25, -0.2) is 0 Å². The number of ketones is 1. The van der Waals surface area contributed by atoms with E-state index in [1.807, 2.05) is 6.92 Å². The molecule has 0 unspecified atom stereocenters. The molecule has 6 heteroatoms. The van der Waals surface area contributed by atoms with Crippen molar-refractivity contribution in [3.8, 4) is 5.75 Å². The Labute approximate surface area is 143 Å². The molecule has 0 radical (unpaired) electrons. The van der Waals surface area contributed by atoms with E-state index >= 15 is 0 Å². The molecule has 0 aromatic heterocycles. The van der Waals surface area contributed by atoms with Crippen molar-refractivity contribution in [3.63, 3.8) is 0 Å². The lowest BCUT2D eigenvalue weighted by Crippen LogP contribution is -2.40. The first kappa shape index (κ1) is 19.7. The molecule has 0 heterocycles. The first-order valence-corrected chi connectivity index (χ1v) is 8.06. The minimum Gasteiger partial charge on any atom is -0.494 e. The van der Waals surface area contributed by atoms with Gasteiger partial charge < -0.3 is 14.5 Å². The van der Waals surface area contributed by atoms with Crippen LogP contribution in [0.25, 0.3) is 0 Å². The Morgan fingerprint density at radius 3 is 2.42 bits per heavy atom. The molecule has 0 fully saturated rings. The van der Waals surface area contributed by atoms with E-state index in [2.05, 4.69) is 0 Å². The molecule has 0 aliphatic carbocycles. The van der Waals surface area contributed by atoms with Crippen molar-refractivity contribution in [3.05, 3.63) is 29.8 Å². The van der Waals surface area contributed by atoms with Crippen LogP contribution < -0.4 is 4.74 Å². The van der Waals surface area contributed by atoms with E-state index < -0.39 is 0 Å². The zero-order valence-corrected chi connectivity index (χ0v) is 14.9. The van der Waals surface area contributed by atoms with Gasteiger partial charge in [0, 0.05) is 32.6 Å². The van der Waals surface area contributed by atoms with Crippen LogP contribution in [0, 0.1) is 0 Å². The van der Waals surface area contributed by atoms with Gasteiger partial charge in [-0.05, 0) is 32.4 Å². The Kier molecular flexibility index (Phi) is 7.95. The molecular formula is C18H26N2O4. The predicted octanol–water partition coefficient (Wildman–Crippen LogP) is 1.98. The van der Waals surface area contributed by atoms with Crippen LogP contribution in [0.1, 0.15) is 37.0 Å². The lowest BCUT2D eigenvalue weighted by Gasteiger charge is -2.22. The summed E-state index contributed by atoms with van der Waals surface area (Å²) in [6.07, 6.45) is 0.872. The lowest BCUT2D eigenvalue weighted by molar-refractivity contribution is -0.139. The Morgan fingerprint density at radius 2 is 1.83 bits per heavy atom. The van der Waals surface area contributed by atoms with E-state index in [0.29, 0.717) is 37.3 Å². The highest BCUT2D eigenvalue weighted by molar-refractivity contribution is 5.94. The fourth-order valence-corrected chi connectivity index (χ4v) is 2.06. The first-order chi connectivity index (χ1) is 11.3. The Morgan fingerprint density at radius 1 is 1.12 bits per heavy atom. The van der Waals surface area contributed by atoms with Gasteiger partial charge in [-0.15, -0.1) is 0 Å². The number of hydrogen-bond acceptors (Lipinski definition) is 4. The van der Waals surface area contributed by atoms with Crippen molar-refractivity contribution < 1.29 is 19.1 Å². The molecule has 0 aliphatic heterocycles. The molecule has 6 nitrogen and oxygen atoms in total. The third-order valence-corrected chi connectivity index (χ3v) is 3.60. The summed E-state index contributed by atoms with van der Waals surface area (Å²) in [5, 5.41) is 0. The van der Waals surface area contributed by atoms with Crippen LogP contribution in [0.5, 0.6) is 5.75 Å². The van der Waals surface area contributed by atoms with Gasteiger partial charge in [-0.3, -0.25) is 14.4 Å². The topological polar surface area (TPSA) is 66.9 Å². The number of rotatable bonds is 9. The normalized spacial score (nSPS) is 10.2. The van der Waals surface area contributed by atoms with Crippen LogP contribution in [0.3, 0.4) is 0 Å². The molecule has 2 amide bonds. The molecule has 0 bridgehead atoms. The number of ether oxygens (including phenoxy) is 1. The maximum Gasteiger partial charge on any atom is 0.241 e. The van der Waals surface area contributed by atoms with E-state index in [1.54, 1.807) is 43.3 Å². The summed E-state index contributed by atoms with van der Waals surface area (Å²) < 4.78 is 5.58. The molecule has 24 heavy (non-hydrogen) atoms. The van der Waals surface area contributed by atoms with Gasteiger partial charge in [0.05, 0.1) is 13.2 Å². The van der Waals surface area contributed by atoms with E-state index in [0.717, 1.165) is 0 Å². The summed E-state index contributed by atoms with van der Waals surface area (Å²) in [6.45, 7) is 4.34. The van der Waals surface area contributed by atoms with Crippen molar-refractivity contribution in [2.24, 2.45) is 0 Å². The van der Waals surface area contributed by atoms with E-state index in [1.165, 1.54) is 11.8 Å². The zero-order chi connectivity index (χ0) is 18.1. The van der Waals surface area contributed by atoms with Crippen molar-refractivity contribution >= 4 is 17.6 Å². The van der Waals surface area contributed by atoms with E-state index in [4.69, 9.17) is 4.74 Å². The van der Waals surface area contributed by atoms with Crippen LogP contribution >= 0.6 is 0 Å². The van der Waals surface area contributed by atoms with Gasteiger partial charge in [0.15, 0.2) is 5.78 Å². The standard InChI is InChI=1S/C18H26N2O4/c1-5-20(13-18(23)19(3)4)17(22)10-7-11-24-16-9-6-8-15(12-16)14(2)21/h6,8-9,12H,5,7,10-11,13H2,1-4H3. The number of carbonyl (C=O) groups is 3. The maximum absolute atomic E-state index is 12.1. The summed E-state index contributed by atoms with van der Waals surface area (Å²) in [5.41, 5.74) is 0.600. The summed E-state index contributed by atoms with van der Waals surface area (Å²) in [6, 6.07) is 6.98. The van der Waals surface area contributed by atoms with Crippen molar-refractivity contribution in [1.29, 1.82) is 0 Å². The fourth-order valence-electron chi connectivity index (χ4n) is 2.06. The number of amides is 2. The van der Waals surface area contributed by atoms with Gasteiger partial charge in [0.1, 0.15) is 5.75 Å². The predicted molar refractivity (Wildman–Crippen MR) is 92.1 cm³/mol. The smallest absolute Gasteiger partial charge is 0.241 e. The highest BCUT2D eigenvalue weighted by Crippen LogP contribution is 2.14. The van der Waals surface area contributed by atoms with Crippen LogP contribution in [0.4, 0.5) is 0 Å². The molecule has 1 rings (SSSR count). The maximum atomic E-state index is 12.1. The minimum absolute atomic E-state index is 0.0141. The van der Waals surface area contributed by atoms with Crippen molar-refractivity contribution in [1.82, 2.24) is 9.80 Å². The average molecular weight is 334 g/mol. The highest BCUT2D eigenvalue weighted by atomic mass is 16.5. The Hall–Kier alpha value is -2.37. The summed E-state index contributed by atoms with van der Waals surface area (Å²) >= 11 is 0. The number of hydrogen-bond donors (Lipinski definition) is 0. The van der Waals surface area contributed by atoms with Crippen molar-refractivity contribution in [2.45, 2.75) is 26.7 Å². The number of carbonyl (C=O) groups excluding carboxylic acids is 3. The van der Waals surface area contributed by atoms with Crippen LogP contribution in [-0.4, -0.2) is 61.2 Å². The molecule has 1 aromatic carbocycles. The molecule has 0 N–H and O–H groups in total. The van der Waals surface area contributed by atoms with E-state index in [-0.39, 0.29) is 24.1 Å². The molecule has 0 atom stereocenters. The fraction of sp³-hybridized carbons (Fsp3) is 0.500. The number of Topliss-reactive ketones (excluding diaryl/α,β-unsaturated/α-hetero) is 1. The largest absolute Gasteiger partial charge is 0.494 e. The summed E-state index contributed by atoms with van der Waals surface area (Å²) in [5.74, 6) is 0.446. The molecule has 1 aromatic rings. The third kappa shape index (κ3) is 6.40. The Bertz CT molecular complexity index is 584. The van der Waals surface area contributed by atoms with Gasteiger partial charge in [-0.2, -0.15) is 0 Å². The van der Waals surface area contributed by atoms with Gasteiger partial charge in [0.2, 0.25) is 11.8 Å². The monoisotopic (exact) mass is 334 g/mol. The van der Waals surface area contributed by atoms with Crippen LogP contribution in [0.2, 0.25) is 0 Å². The third-order valence-electron chi connectivity index (χ3n) is 3.60. The number of likely N-dealkylation sites (N-methyl/N-ethyl adjacent to an activating group) is 2. The second-order valence-corrected chi connectivity index (χ2v) is 5.73. The molecule has 0 aliphatic rings. The van der Waals surface area contributed by atoms with Crippen molar-refractivity contribution in [2.75, 3.05) is 33.8 Å². The minimum atomic E-state index is -0.0949. The molecule has 0 spiro atoms. The Balaban J connectivity index is 2.40. The van der Waals surface area contributed by atoms with E-state index in [9.17, 15) is 14.4 Å². The summed E-state index contributed by atoms with van der Waals surface area (Å²) in [7, 11) is 3.34. The molecule has 0 saturated carbocycles. The first-order valence-electron chi connectivity index (χ1n) is 8.06. The lowest BCUT2D eigenvalue weighted by atomic mass is 10.1.